The maximum absolute atomic E-state index is 12.6. The van der Waals surface area contributed by atoms with Gasteiger partial charge >= 0.3 is 5.97 Å². The van der Waals surface area contributed by atoms with Crippen molar-refractivity contribution in [2.24, 2.45) is 5.92 Å². The third-order valence-electron chi connectivity index (χ3n) is 4.41. The van der Waals surface area contributed by atoms with Crippen molar-refractivity contribution >= 4 is 11.9 Å². The minimum atomic E-state index is -0.162. The van der Waals surface area contributed by atoms with E-state index in [4.69, 9.17) is 4.74 Å². The van der Waals surface area contributed by atoms with E-state index < -0.39 is 0 Å². The van der Waals surface area contributed by atoms with E-state index >= 15 is 0 Å². The van der Waals surface area contributed by atoms with Crippen LogP contribution in [0.2, 0.25) is 0 Å². The van der Waals surface area contributed by atoms with Gasteiger partial charge in [-0.25, -0.2) is 0 Å². The standard InChI is InChI=1S/C15H27N3O3/c1-3-21-15(20)13-5-4-8-18(11-13)14(19)12(2)17-9-6-16-7-10-17/h12-13,16H,3-11H2,1-2H3. The molecule has 120 valence electrons. The average molecular weight is 297 g/mol. The van der Waals surface area contributed by atoms with Gasteiger partial charge in [0.05, 0.1) is 18.6 Å². The van der Waals surface area contributed by atoms with Crippen molar-refractivity contribution in [3.63, 3.8) is 0 Å². The molecule has 2 aliphatic rings. The summed E-state index contributed by atoms with van der Waals surface area (Å²) in [6, 6.07) is -0.104. The zero-order chi connectivity index (χ0) is 15.2. The van der Waals surface area contributed by atoms with Gasteiger partial charge in [-0.15, -0.1) is 0 Å². The number of nitrogens with one attached hydrogen (secondary N) is 1. The van der Waals surface area contributed by atoms with Crippen molar-refractivity contribution in [3.05, 3.63) is 0 Å². The third-order valence-corrected chi connectivity index (χ3v) is 4.41. The Morgan fingerprint density at radius 3 is 2.67 bits per heavy atom. The molecule has 0 bridgehead atoms. The van der Waals surface area contributed by atoms with Crippen LogP contribution in [0.25, 0.3) is 0 Å². The normalized spacial score (nSPS) is 25.4. The van der Waals surface area contributed by atoms with Gasteiger partial charge in [0.1, 0.15) is 0 Å². The highest BCUT2D eigenvalue weighted by atomic mass is 16.5. The maximum atomic E-state index is 12.6. The van der Waals surface area contributed by atoms with Gasteiger partial charge in [-0.2, -0.15) is 0 Å². The molecule has 0 spiro atoms. The second-order valence-corrected chi connectivity index (χ2v) is 5.84. The molecule has 1 N–H and O–H groups in total. The molecule has 0 saturated carbocycles. The number of carbonyl (C=O) groups is 2. The van der Waals surface area contributed by atoms with Crippen molar-refractivity contribution in [3.8, 4) is 0 Å². The number of piperazine rings is 1. The zero-order valence-corrected chi connectivity index (χ0v) is 13.1. The van der Waals surface area contributed by atoms with E-state index in [0.29, 0.717) is 13.2 Å². The summed E-state index contributed by atoms with van der Waals surface area (Å²) < 4.78 is 5.09. The van der Waals surface area contributed by atoms with Gasteiger partial charge in [-0.05, 0) is 26.7 Å². The molecule has 0 aromatic rings. The first-order chi connectivity index (χ1) is 10.1. The van der Waals surface area contributed by atoms with E-state index in [1.54, 1.807) is 0 Å². The third kappa shape index (κ3) is 4.17. The number of amides is 1. The first-order valence-corrected chi connectivity index (χ1v) is 8.03. The van der Waals surface area contributed by atoms with Gasteiger partial charge in [-0.3, -0.25) is 14.5 Å². The van der Waals surface area contributed by atoms with E-state index in [2.05, 4.69) is 10.2 Å². The Labute approximate surface area is 126 Å². The molecule has 2 saturated heterocycles. The quantitative estimate of drug-likeness (QED) is 0.745. The molecular formula is C15H27N3O3. The van der Waals surface area contributed by atoms with Gasteiger partial charge in [0.15, 0.2) is 0 Å². The monoisotopic (exact) mass is 297 g/mol. The summed E-state index contributed by atoms with van der Waals surface area (Å²) in [7, 11) is 0. The number of hydrogen-bond donors (Lipinski definition) is 1. The Kier molecular flexibility index (Phi) is 5.99. The largest absolute Gasteiger partial charge is 0.466 e. The van der Waals surface area contributed by atoms with E-state index in [1.807, 2.05) is 18.7 Å². The molecule has 6 nitrogen and oxygen atoms in total. The molecule has 0 radical (unpaired) electrons. The van der Waals surface area contributed by atoms with Crippen LogP contribution in [0.4, 0.5) is 0 Å². The molecule has 21 heavy (non-hydrogen) atoms. The smallest absolute Gasteiger partial charge is 0.310 e. The van der Waals surface area contributed by atoms with Gasteiger partial charge in [0, 0.05) is 39.3 Å². The van der Waals surface area contributed by atoms with Crippen molar-refractivity contribution < 1.29 is 14.3 Å². The fourth-order valence-electron chi connectivity index (χ4n) is 3.12. The second kappa shape index (κ2) is 7.75. The lowest BCUT2D eigenvalue weighted by atomic mass is 9.97. The predicted molar refractivity (Wildman–Crippen MR) is 79.8 cm³/mol. The number of ether oxygens (including phenoxy) is 1. The first-order valence-electron chi connectivity index (χ1n) is 8.03. The van der Waals surface area contributed by atoms with Crippen LogP contribution in [0.1, 0.15) is 26.7 Å². The molecule has 6 heteroatoms. The van der Waals surface area contributed by atoms with Crippen LogP contribution >= 0.6 is 0 Å². The van der Waals surface area contributed by atoms with E-state index in [1.165, 1.54) is 0 Å². The van der Waals surface area contributed by atoms with Crippen LogP contribution in [0.3, 0.4) is 0 Å². The molecule has 0 aromatic carbocycles. The number of nitrogens with zero attached hydrogens (tertiary/aromatic N) is 2. The highest BCUT2D eigenvalue weighted by molar-refractivity contribution is 5.82. The molecule has 2 fully saturated rings. The predicted octanol–water partition coefficient (Wildman–Crippen LogP) is 0.0818. The van der Waals surface area contributed by atoms with Crippen LogP contribution in [0.15, 0.2) is 0 Å². The number of likely N-dealkylation sites (tertiary alicyclic amines) is 1. The molecular weight excluding hydrogens is 270 g/mol. The molecule has 1 amide bonds. The van der Waals surface area contributed by atoms with Crippen molar-refractivity contribution in [2.45, 2.75) is 32.7 Å². The summed E-state index contributed by atoms with van der Waals surface area (Å²) in [4.78, 5) is 28.6. The van der Waals surface area contributed by atoms with Crippen molar-refractivity contribution in [1.82, 2.24) is 15.1 Å². The number of esters is 1. The lowest BCUT2D eigenvalue weighted by Gasteiger charge is -2.37. The van der Waals surface area contributed by atoms with Crippen molar-refractivity contribution in [2.75, 3.05) is 45.9 Å². The number of hydrogen-bond acceptors (Lipinski definition) is 5. The minimum Gasteiger partial charge on any atom is -0.466 e. The number of rotatable bonds is 4. The fraction of sp³-hybridized carbons (Fsp3) is 0.867. The van der Waals surface area contributed by atoms with Crippen LogP contribution in [-0.4, -0.2) is 73.6 Å². The molecule has 2 heterocycles. The Hall–Kier alpha value is -1.14. The highest BCUT2D eigenvalue weighted by Gasteiger charge is 2.33. The van der Waals surface area contributed by atoms with E-state index in [9.17, 15) is 9.59 Å². The molecule has 0 aliphatic carbocycles. The molecule has 2 atom stereocenters. The van der Waals surface area contributed by atoms with Gasteiger partial charge in [0.2, 0.25) is 5.91 Å². The molecule has 2 rings (SSSR count). The molecule has 0 aromatic heterocycles. The summed E-state index contributed by atoms with van der Waals surface area (Å²) in [5.74, 6) is -0.173. The zero-order valence-electron chi connectivity index (χ0n) is 13.1. The van der Waals surface area contributed by atoms with Crippen LogP contribution in [0.5, 0.6) is 0 Å². The fourth-order valence-corrected chi connectivity index (χ4v) is 3.12. The number of piperidine rings is 1. The summed E-state index contributed by atoms with van der Waals surface area (Å²) >= 11 is 0. The highest BCUT2D eigenvalue weighted by Crippen LogP contribution is 2.19. The lowest BCUT2D eigenvalue weighted by molar-refractivity contribution is -0.152. The average Bonchev–Trinajstić information content (AvgIpc) is 2.54. The van der Waals surface area contributed by atoms with Crippen LogP contribution in [-0.2, 0) is 14.3 Å². The Morgan fingerprint density at radius 2 is 2.00 bits per heavy atom. The lowest BCUT2D eigenvalue weighted by Crippen LogP contribution is -2.55. The van der Waals surface area contributed by atoms with Gasteiger partial charge < -0.3 is 15.0 Å². The Morgan fingerprint density at radius 1 is 1.29 bits per heavy atom. The van der Waals surface area contributed by atoms with Gasteiger partial charge in [-0.1, -0.05) is 0 Å². The maximum Gasteiger partial charge on any atom is 0.310 e. The Balaban J connectivity index is 1.90. The van der Waals surface area contributed by atoms with Gasteiger partial charge in [0.25, 0.3) is 0 Å². The molecule has 2 aliphatic heterocycles. The van der Waals surface area contributed by atoms with E-state index in [0.717, 1.165) is 45.6 Å². The van der Waals surface area contributed by atoms with E-state index in [-0.39, 0.29) is 23.8 Å². The summed E-state index contributed by atoms with van der Waals surface area (Å²) in [5, 5.41) is 3.30. The first kappa shape index (κ1) is 16.2. The van der Waals surface area contributed by atoms with Crippen LogP contribution in [0, 0.1) is 5.92 Å². The van der Waals surface area contributed by atoms with Crippen molar-refractivity contribution in [1.29, 1.82) is 0 Å². The summed E-state index contributed by atoms with van der Waals surface area (Å²) in [6.45, 7) is 9.13. The summed E-state index contributed by atoms with van der Waals surface area (Å²) in [6.07, 6.45) is 1.70. The molecule has 2 unspecified atom stereocenters. The topological polar surface area (TPSA) is 61.9 Å². The second-order valence-electron chi connectivity index (χ2n) is 5.84. The summed E-state index contributed by atoms with van der Waals surface area (Å²) in [5.41, 5.74) is 0. The minimum absolute atomic E-state index is 0.104. The Bertz CT molecular complexity index is 369. The number of carbonyl (C=O) groups excluding carboxylic acids is 2. The SMILES string of the molecule is CCOC(=O)C1CCCN(C(=O)C(C)N2CCNCC2)C1. The van der Waals surface area contributed by atoms with Crippen LogP contribution < -0.4 is 5.32 Å².